The molecule has 1 heterocycles. The number of esters is 1. The van der Waals surface area contributed by atoms with Gasteiger partial charge in [-0.3, -0.25) is 4.79 Å². The average Bonchev–Trinajstić information content (AvgIpc) is 3.22. The first kappa shape index (κ1) is 53.1. The monoisotopic (exact) mass is 813 g/mol. The molecule has 0 aromatic heterocycles. The van der Waals surface area contributed by atoms with Crippen molar-refractivity contribution in [3.05, 3.63) is 97.2 Å². The number of rotatable bonds is 36. The second kappa shape index (κ2) is 39.6. The van der Waals surface area contributed by atoms with Gasteiger partial charge in [-0.2, -0.15) is 0 Å². The predicted molar refractivity (Wildman–Crippen MR) is 237 cm³/mol. The molecule has 6 unspecified atom stereocenters. The molecule has 0 saturated carbocycles. The van der Waals surface area contributed by atoms with Crippen LogP contribution in [-0.2, 0) is 23.7 Å². The van der Waals surface area contributed by atoms with Gasteiger partial charge in [0.25, 0.3) is 0 Å². The lowest BCUT2D eigenvalue weighted by Gasteiger charge is -2.39. The van der Waals surface area contributed by atoms with Gasteiger partial charge in [0, 0.05) is 13.0 Å². The summed E-state index contributed by atoms with van der Waals surface area (Å²) in [7, 11) is 0. The van der Waals surface area contributed by atoms with E-state index in [1.807, 2.05) is 0 Å². The molecule has 9 heteroatoms. The van der Waals surface area contributed by atoms with E-state index in [4.69, 9.17) is 18.9 Å². The second-order valence-corrected chi connectivity index (χ2v) is 14.8. The normalized spacial score (nSPS) is 21.2. The summed E-state index contributed by atoms with van der Waals surface area (Å²) in [6, 6.07) is 0. The van der Waals surface area contributed by atoms with Crippen LogP contribution in [0.15, 0.2) is 97.2 Å². The Balaban J connectivity index is 2.32. The summed E-state index contributed by atoms with van der Waals surface area (Å²) in [4.78, 5) is 12.7. The maximum atomic E-state index is 12.7. The number of unbranched alkanes of at least 4 members (excludes halogenated alkanes) is 9. The van der Waals surface area contributed by atoms with Crippen LogP contribution >= 0.6 is 0 Å². The molecular weight excluding hydrogens is 733 g/mol. The van der Waals surface area contributed by atoms with Gasteiger partial charge in [-0.05, 0) is 83.5 Å². The molecule has 4 N–H and O–H groups in total. The third-order valence-electron chi connectivity index (χ3n) is 9.48. The zero-order chi connectivity index (χ0) is 42.2. The van der Waals surface area contributed by atoms with Crippen molar-refractivity contribution in [2.45, 2.75) is 179 Å². The highest BCUT2D eigenvalue weighted by Gasteiger charge is 2.44. The van der Waals surface area contributed by atoms with Gasteiger partial charge in [0.2, 0.25) is 0 Å². The van der Waals surface area contributed by atoms with Crippen LogP contribution in [0.25, 0.3) is 0 Å². The molecule has 0 radical (unpaired) electrons. The molecule has 0 aromatic rings. The molecule has 9 nitrogen and oxygen atoms in total. The van der Waals surface area contributed by atoms with Gasteiger partial charge in [-0.1, -0.05) is 150 Å². The van der Waals surface area contributed by atoms with Crippen LogP contribution < -0.4 is 0 Å². The maximum absolute atomic E-state index is 12.7. The summed E-state index contributed by atoms with van der Waals surface area (Å²) in [6.07, 6.45) is 47.2. The zero-order valence-corrected chi connectivity index (χ0v) is 36.0. The molecule has 6 atom stereocenters. The minimum Gasteiger partial charge on any atom is -0.457 e. The smallest absolute Gasteiger partial charge is 0.306 e. The van der Waals surface area contributed by atoms with E-state index in [9.17, 15) is 25.2 Å². The van der Waals surface area contributed by atoms with E-state index in [0.717, 1.165) is 77.0 Å². The van der Waals surface area contributed by atoms with Gasteiger partial charge >= 0.3 is 5.97 Å². The Morgan fingerprint density at radius 2 is 1.05 bits per heavy atom. The van der Waals surface area contributed by atoms with Crippen LogP contribution in [0.2, 0.25) is 0 Å². The van der Waals surface area contributed by atoms with Crippen molar-refractivity contribution in [3.8, 4) is 0 Å². The van der Waals surface area contributed by atoms with Crippen molar-refractivity contribution in [2.24, 2.45) is 0 Å². The largest absolute Gasteiger partial charge is 0.457 e. The fraction of sp³-hybridized carbons (Fsp3) is 0.653. The highest BCUT2D eigenvalue weighted by Crippen LogP contribution is 2.22. The van der Waals surface area contributed by atoms with E-state index < -0.39 is 43.4 Å². The quantitative estimate of drug-likeness (QED) is 0.0277. The van der Waals surface area contributed by atoms with Crippen molar-refractivity contribution >= 4 is 5.97 Å². The fourth-order valence-corrected chi connectivity index (χ4v) is 5.99. The lowest BCUT2D eigenvalue weighted by Crippen LogP contribution is -2.59. The van der Waals surface area contributed by atoms with Crippen LogP contribution in [0.5, 0.6) is 0 Å². The molecule has 58 heavy (non-hydrogen) atoms. The first-order valence-electron chi connectivity index (χ1n) is 22.3. The van der Waals surface area contributed by atoms with Gasteiger partial charge in [0.15, 0.2) is 6.29 Å². The van der Waals surface area contributed by atoms with E-state index in [2.05, 4.69) is 111 Å². The predicted octanol–water partition coefficient (Wildman–Crippen LogP) is 10.0. The first-order valence-corrected chi connectivity index (χ1v) is 22.3. The Labute approximate surface area is 352 Å². The Morgan fingerprint density at radius 1 is 0.569 bits per heavy atom. The number of aliphatic hydroxyl groups is 4. The van der Waals surface area contributed by atoms with E-state index in [1.54, 1.807) is 0 Å². The molecule has 0 bridgehead atoms. The molecule has 0 amide bonds. The number of carbonyl (C=O) groups excluding carboxylic acids is 1. The SMILES string of the molecule is CC/C=C\C/C=C\C/C=C\C/C=C\C/C=C\C/C=C\C/C=C\CCCC(=O)OC(COCCCCCCCC/C=C\CCCC)COC1OC(CO)C(O)C(O)C1O. The Hall–Kier alpha value is -2.89. The summed E-state index contributed by atoms with van der Waals surface area (Å²) in [5.74, 6) is -0.378. The van der Waals surface area contributed by atoms with E-state index >= 15 is 0 Å². The molecule has 0 spiro atoms. The Bertz CT molecular complexity index is 1200. The second-order valence-electron chi connectivity index (χ2n) is 14.8. The maximum Gasteiger partial charge on any atom is 0.306 e. The molecule has 1 rings (SSSR count). The number of carbonyl (C=O) groups is 1. The summed E-state index contributed by atoms with van der Waals surface area (Å²) in [5, 5.41) is 40.1. The summed E-state index contributed by atoms with van der Waals surface area (Å²) in [6.45, 7) is 4.29. The summed E-state index contributed by atoms with van der Waals surface area (Å²) in [5.41, 5.74) is 0. The van der Waals surface area contributed by atoms with Crippen LogP contribution in [0.1, 0.15) is 142 Å². The summed E-state index contributed by atoms with van der Waals surface area (Å²) < 4.78 is 22.7. The number of hydrogen-bond donors (Lipinski definition) is 4. The van der Waals surface area contributed by atoms with Crippen LogP contribution in [0.4, 0.5) is 0 Å². The molecule has 1 aliphatic heterocycles. The topological polar surface area (TPSA) is 135 Å². The van der Waals surface area contributed by atoms with E-state index in [-0.39, 0.29) is 25.6 Å². The van der Waals surface area contributed by atoms with Crippen molar-refractivity contribution in [1.82, 2.24) is 0 Å². The first-order chi connectivity index (χ1) is 28.4. The zero-order valence-electron chi connectivity index (χ0n) is 36.0. The Kier molecular flexibility index (Phi) is 36.2. The molecule has 330 valence electrons. The van der Waals surface area contributed by atoms with Gasteiger partial charge in [-0.25, -0.2) is 0 Å². The average molecular weight is 813 g/mol. The van der Waals surface area contributed by atoms with Crippen molar-refractivity contribution in [1.29, 1.82) is 0 Å². The number of hydrogen-bond acceptors (Lipinski definition) is 9. The molecule has 1 aliphatic rings. The highest BCUT2D eigenvalue weighted by molar-refractivity contribution is 5.69. The third kappa shape index (κ3) is 30.2. The minimum atomic E-state index is -1.55. The van der Waals surface area contributed by atoms with Gasteiger partial charge in [0.05, 0.1) is 19.8 Å². The van der Waals surface area contributed by atoms with Crippen LogP contribution in [-0.4, -0.2) is 89.6 Å². The van der Waals surface area contributed by atoms with Crippen LogP contribution in [0.3, 0.4) is 0 Å². The van der Waals surface area contributed by atoms with Gasteiger partial charge in [-0.15, -0.1) is 0 Å². The van der Waals surface area contributed by atoms with Crippen molar-refractivity contribution in [2.75, 3.05) is 26.4 Å². The third-order valence-corrected chi connectivity index (χ3v) is 9.48. The fourth-order valence-electron chi connectivity index (χ4n) is 5.99. The molecule has 0 aliphatic carbocycles. The number of ether oxygens (including phenoxy) is 4. The van der Waals surface area contributed by atoms with Gasteiger partial charge in [0.1, 0.15) is 30.5 Å². The minimum absolute atomic E-state index is 0.111. The summed E-state index contributed by atoms with van der Waals surface area (Å²) >= 11 is 0. The lowest BCUT2D eigenvalue weighted by atomic mass is 9.99. The molecule has 0 aromatic carbocycles. The Morgan fingerprint density at radius 3 is 1.60 bits per heavy atom. The lowest BCUT2D eigenvalue weighted by molar-refractivity contribution is -0.305. The van der Waals surface area contributed by atoms with E-state index in [0.29, 0.717) is 13.0 Å². The molecule has 1 fully saturated rings. The molecule has 1 saturated heterocycles. The standard InChI is InChI=1S/C49H80O9/c1-3-5-7-9-11-13-15-17-18-19-20-21-22-23-24-25-26-27-28-30-32-34-36-38-45(51)57-43(42-56-49-48(54)47(53)46(52)44(40-50)58-49)41-55-39-37-35-33-31-29-16-14-12-10-8-6-4-2/h5,7,10-13,17-18,20-21,23-24,26-27,30,32,43-44,46-50,52-54H,3-4,6,8-9,14-16,19,22,25,28-29,31,33-42H2,1-2H3/b7-5-,12-10-,13-11-,18-17-,21-20-,24-23-,27-26-,32-30-. The van der Waals surface area contributed by atoms with Crippen LogP contribution in [0, 0.1) is 0 Å². The van der Waals surface area contributed by atoms with Crippen molar-refractivity contribution < 1.29 is 44.2 Å². The number of aliphatic hydroxyl groups excluding tert-OH is 4. The van der Waals surface area contributed by atoms with Crippen molar-refractivity contribution in [3.63, 3.8) is 0 Å². The van der Waals surface area contributed by atoms with Gasteiger partial charge < -0.3 is 39.4 Å². The highest BCUT2D eigenvalue weighted by atomic mass is 16.7. The molecular formula is C49H80O9. The number of allylic oxidation sites excluding steroid dienone is 16. The van der Waals surface area contributed by atoms with E-state index in [1.165, 1.54) is 38.5 Å².